The molecule has 224 valence electrons. The molecule has 4 aliphatic heterocycles. The summed E-state index contributed by atoms with van der Waals surface area (Å²) in [6.07, 6.45) is 4.02. The predicted octanol–water partition coefficient (Wildman–Crippen LogP) is 2.29. The summed E-state index contributed by atoms with van der Waals surface area (Å²) in [5.41, 5.74) is 2.84. The van der Waals surface area contributed by atoms with Crippen LogP contribution in [-0.2, 0) is 29.6 Å². The van der Waals surface area contributed by atoms with Crippen LogP contribution in [0.2, 0.25) is 0 Å². The summed E-state index contributed by atoms with van der Waals surface area (Å²) in [4.78, 5) is 31.2. The van der Waals surface area contributed by atoms with Crippen LogP contribution in [0.1, 0.15) is 36.8 Å². The Bertz CT molecular complexity index is 1640. The molecule has 3 fully saturated rings. The Labute approximate surface area is 247 Å². The van der Waals surface area contributed by atoms with E-state index in [0.29, 0.717) is 38.8 Å². The highest BCUT2D eigenvalue weighted by atomic mass is 32.2. The third-order valence-corrected chi connectivity index (χ3v) is 12.8. The predicted molar refractivity (Wildman–Crippen MR) is 156 cm³/mol. The normalized spacial score (nSPS) is 25.2. The van der Waals surface area contributed by atoms with E-state index in [0.717, 1.165) is 16.7 Å². The van der Waals surface area contributed by atoms with Crippen molar-refractivity contribution in [1.29, 1.82) is 0 Å². The van der Waals surface area contributed by atoms with E-state index in [4.69, 9.17) is 0 Å². The summed E-state index contributed by atoms with van der Waals surface area (Å²) in [6.45, 7) is 5.30. The summed E-state index contributed by atoms with van der Waals surface area (Å²) >= 11 is 0. The van der Waals surface area contributed by atoms with Crippen molar-refractivity contribution in [3.05, 3.63) is 71.3 Å². The van der Waals surface area contributed by atoms with Crippen LogP contribution in [0, 0.1) is 13.8 Å². The Balaban J connectivity index is 1.16. The van der Waals surface area contributed by atoms with Gasteiger partial charge in [-0.3, -0.25) is 9.59 Å². The fourth-order valence-electron chi connectivity index (χ4n) is 6.61. The Morgan fingerprint density at radius 1 is 0.714 bits per heavy atom. The highest BCUT2D eigenvalue weighted by Gasteiger charge is 2.48. The van der Waals surface area contributed by atoms with Crippen LogP contribution in [-0.4, -0.2) is 97.9 Å². The molecule has 0 N–H and O–H groups in total. The standard InChI is InChI=1S/C30H36N4O6S2/c1-21-7-11-24(12-8-21)41(37,38)33-16-3-5-26(33)29(35)31-19-23-15-18-32(28(23)20-31)30(36)27-6-4-17-34(27)42(39,40)25-13-9-22(2)10-14-25/h7-15,26-28H,3-6,16-20H2,1-2H3/t26-,27-,28-/m0/s1. The molecule has 3 atom stereocenters. The topological polar surface area (TPSA) is 115 Å². The molecule has 0 unspecified atom stereocenters. The number of carbonyl (C=O) groups is 2. The fraction of sp³-hybridized carbons (Fsp3) is 0.467. The smallest absolute Gasteiger partial charge is 0.243 e. The molecule has 4 aliphatic rings. The Kier molecular flexibility index (Phi) is 7.53. The van der Waals surface area contributed by atoms with Crippen LogP contribution in [0.4, 0.5) is 0 Å². The van der Waals surface area contributed by atoms with Gasteiger partial charge in [0.25, 0.3) is 0 Å². The number of amides is 2. The van der Waals surface area contributed by atoms with Crippen molar-refractivity contribution in [2.75, 3.05) is 32.7 Å². The van der Waals surface area contributed by atoms with Crippen LogP contribution in [0.3, 0.4) is 0 Å². The first-order valence-electron chi connectivity index (χ1n) is 14.4. The molecule has 0 radical (unpaired) electrons. The summed E-state index contributed by atoms with van der Waals surface area (Å²) < 4.78 is 56.4. The number of hydrogen-bond acceptors (Lipinski definition) is 6. The number of hydrogen-bond donors (Lipinski definition) is 0. The second-order valence-electron chi connectivity index (χ2n) is 11.7. The number of fused-ring (bicyclic) bond motifs is 1. The Morgan fingerprint density at radius 2 is 1.19 bits per heavy atom. The molecule has 0 bridgehead atoms. The number of likely N-dealkylation sites (tertiary alicyclic amines) is 1. The molecule has 2 aromatic carbocycles. The number of aryl methyl sites for hydroxylation is 2. The Morgan fingerprint density at radius 3 is 1.69 bits per heavy atom. The minimum atomic E-state index is -3.84. The van der Waals surface area contributed by atoms with Crippen molar-refractivity contribution in [3.63, 3.8) is 0 Å². The molecule has 0 aliphatic carbocycles. The molecular weight excluding hydrogens is 576 g/mol. The molecule has 6 rings (SSSR count). The van der Waals surface area contributed by atoms with Crippen molar-refractivity contribution in [1.82, 2.24) is 18.4 Å². The van der Waals surface area contributed by atoms with E-state index in [1.807, 2.05) is 19.9 Å². The van der Waals surface area contributed by atoms with Crippen molar-refractivity contribution >= 4 is 31.9 Å². The lowest BCUT2D eigenvalue weighted by atomic mass is 10.1. The lowest BCUT2D eigenvalue weighted by Gasteiger charge is -2.31. The van der Waals surface area contributed by atoms with Gasteiger partial charge in [-0.1, -0.05) is 41.5 Å². The van der Waals surface area contributed by atoms with Gasteiger partial charge in [-0.05, 0) is 69.4 Å². The maximum atomic E-state index is 13.8. The number of sulfonamides is 2. The highest BCUT2D eigenvalue weighted by molar-refractivity contribution is 7.89. The summed E-state index contributed by atoms with van der Waals surface area (Å²) in [5, 5.41) is 0. The van der Waals surface area contributed by atoms with E-state index in [2.05, 4.69) is 0 Å². The van der Waals surface area contributed by atoms with Gasteiger partial charge in [0.05, 0.1) is 15.8 Å². The first kappa shape index (κ1) is 29.0. The van der Waals surface area contributed by atoms with Gasteiger partial charge >= 0.3 is 0 Å². The number of nitrogens with zero attached hydrogens (tertiary/aromatic N) is 4. The second kappa shape index (κ2) is 10.9. The molecule has 4 heterocycles. The van der Waals surface area contributed by atoms with Crippen LogP contribution < -0.4 is 0 Å². The molecule has 3 saturated heterocycles. The van der Waals surface area contributed by atoms with Crippen molar-refractivity contribution in [2.24, 2.45) is 0 Å². The van der Waals surface area contributed by atoms with Crippen LogP contribution in [0.25, 0.3) is 0 Å². The summed E-state index contributed by atoms with van der Waals surface area (Å²) in [7, 11) is -7.67. The first-order chi connectivity index (χ1) is 20.0. The minimum absolute atomic E-state index is 0.173. The lowest BCUT2D eigenvalue weighted by molar-refractivity contribution is -0.137. The van der Waals surface area contributed by atoms with E-state index in [-0.39, 0.29) is 47.3 Å². The number of benzene rings is 2. The van der Waals surface area contributed by atoms with Crippen molar-refractivity contribution in [2.45, 2.75) is 67.4 Å². The van der Waals surface area contributed by atoms with Gasteiger partial charge in [-0.2, -0.15) is 8.61 Å². The monoisotopic (exact) mass is 612 g/mol. The maximum Gasteiger partial charge on any atom is 0.243 e. The summed E-state index contributed by atoms with van der Waals surface area (Å²) in [6, 6.07) is 11.4. The van der Waals surface area contributed by atoms with E-state index in [9.17, 15) is 26.4 Å². The highest BCUT2D eigenvalue weighted by Crippen LogP contribution is 2.34. The van der Waals surface area contributed by atoms with E-state index < -0.39 is 32.1 Å². The van der Waals surface area contributed by atoms with Crippen LogP contribution >= 0.6 is 0 Å². The molecule has 42 heavy (non-hydrogen) atoms. The second-order valence-corrected chi connectivity index (χ2v) is 15.5. The average Bonchev–Trinajstić information content (AvgIpc) is 3.76. The molecular formula is C30H36N4O6S2. The zero-order valence-electron chi connectivity index (χ0n) is 23.8. The largest absolute Gasteiger partial charge is 0.335 e. The van der Waals surface area contributed by atoms with Gasteiger partial charge in [-0.15, -0.1) is 0 Å². The van der Waals surface area contributed by atoms with Crippen molar-refractivity contribution in [3.8, 4) is 0 Å². The van der Waals surface area contributed by atoms with Gasteiger partial charge < -0.3 is 9.80 Å². The zero-order chi connectivity index (χ0) is 29.8. The van der Waals surface area contributed by atoms with Gasteiger partial charge in [0, 0.05) is 32.7 Å². The quantitative estimate of drug-likeness (QED) is 0.463. The maximum absolute atomic E-state index is 13.8. The molecule has 0 spiro atoms. The van der Waals surface area contributed by atoms with E-state index >= 15 is 0 Å². The van der Waals surface area contributed by atoms with E-state index in [1.165, 1.54) is 8.61 Å². The van der Waals surface area contributed by atoms with Crippen LogP contribution in [0.15, 0.2) is 70.0 Å². The minimum Gasteiger partial charge on any atom is -0.335 e. The number of rotatable bonds is 6. The molecule has 2 aromatic rings. The molecule has 12 heteroatoms. The third kappa shape index (κ3) is 4.97. The van der Waals surface area contributed by atoms with E-state index in [1.54, 1.807) is 58.3 Å². The van der Waals surface area contributed by atoms with Gasteiger partial charge in [0.15, 0.2) is 0 Å². The zero-order valence-corrected chi connectivity index (χ0v) is 25.5. The molecule has 10 nitrogen and oxygen atoms in total. The number of carbonyl (C=O) groups excluding carboxylic acids is 2. The van der Waals surface area contributed by atoms with Crippen LogP contribution in [0.5, 0.6) is 0 Å². The molecule has 0 aromatic heterocycles. The molecule has 2 amide bonds. The Hall–Kier alpha value is -3.06. The first-order valence-corrected chi connectivity index (χ1v) is 17.3. The third-order valence-electron chi connectivity index (χ3n) is 8.95. The average molecular weight is 613 g/mol. The SMILES string of the molecule is Cc1ccc(S(=O)(=O)N2CCC[C@H]2C(=O)N2CC3=CCN(C(=O)[C@@H]4CCCN4S(=O)(=O)c4ccc(C)cc4)[C@H]3C2)cc1. The van der Waals surface area contributed by atoms with Gasteiger partial charge in [0.2, 0.25) is 31.9 Å². The van der Waals surface area contributed by atoms with Gasteiger partial charge in [0.1, 0.15) is 12.1 Å². The summed E-state index contributed by atoms with van der Waals surface area (Å²) in [5.74, 6) is -0.506. The lowest BCUT2D eigenvalue weighted by Crippen LogP contribution is -2.51. The fourth-order valence-corrected chi connectivity index (χ4v) is 9.91. The van der Waals surface area contributed by atoms with Gasteiger partial charge in [-0.25, -0.2) is 16.8 Å². The molecule has 0 saturated carbocycles. The van der Waals surface area contributed by atoms with Crippen molar-refractivity contribution < 1.29 is 26.4 Å².